The van der Waals surface area contributed by atoms with Crippen molar-refractivity contribution in [2.24, 2.45) is 0 Å². The first-order chi connectivity index (χ1) is 14.2. The minimum absolute atomic E-state index is 0.251. The Hall–Kier alpha value is -2.45. The van der Waals surface area contributed by atoms with Crippen molar-refractivity contribution in [1.82, 2.24) is 9.55 Å². The Morgan fingerprint density at radius 2 is 2.13 bits per heavy atom. The minimum atomic E-state index is -1.22. The normalized spacial score (nSPS) is 12.6. The number of halogens is 1. The van der Waals surface area contributed by atoms with Gasteiger partial charge in [-0.2, -0.15) is 0 Å². The second kappa shape index (κ2) is 10.5. The fourth-order valence-corrected chi connectivity index (χ4v) is 3.72. The number of nitrogen functional groups attached to an aromatic ring is 1. The molecule has 1 unspecified atom stereocenters. The topological polar surface area (TPSA) is 79.4 Å². The molecular weight excluding hydrogens is 401 g/mol. The molecule has 0 saturated heterocycles. The predicted molar refractivity (Wildman–Crippen MR) is 120 cm³/mol. The number of carbonyl (C=O) groups is 1. The SMILES string of the molecule is C=CCC(C(=O)OCC)c1nc(-c2ccc(F)cc2N)cn1COCC[Si](C)(C)C. The predicted octanol–water partition coefficient (Wildman–Crippen LogP) is 4.81. The zero-order valence-electron chi connectivity index (χ0n) is 18.3. The third-order valence-electron chi connectivity index (χ3n) is 4.61. The van der Waals surface area contributed by atoms with Crippen LogP contribution >= 0.6 is 0 Å². The molecule has 0 aliphatic rings. The van der Waals surface area contributed by atoms with E-state index in [9.17, 15) is 9.18 Å². The van der Waals surface area contributed by atoms with Gasteiger partial charge < -0.3 is 19.8 Å². The fourth-order valence-electron chi connectivity index (χ4n) is 2.97. The summed E-state index contributed by atoms with van der Waals surface area (Å²) in [5.74, 6) is -0.884. The highest BCUT2D eigenvalue weighted by Crippen LogP contribution is 2.30. The summed E-state index contributed by atoms with van der Waals surface area (Å²) in [6.07, 6.45) is 3.82. The number of hydrogen-bond donors (Lipinski definition) is 1. The molecule has 0 saturated carbocycles. The van der Waals surface area contributed by atoms with Gasteiger partial charge in [-0.25, -0.2) is 9.37 Å². The summed E-state index contributed by atoms with van der Waals surface area (Å²) in [5.41, 5.74) is 7.43. The fraction of sp³-hybridized carbons (Fsp3) is 0.455. The highest BCUT2D eigenvalue weighted by atomic mass is 28.3. The maximum absolute atomic E-state index is 13.5. The number of hydrogen-bond acceptors (Lipinski definition) is 5. The van der Waals surface area contributed by atoms with Crippen LogP contribution in [0.5, 0.6) is 0 Å². The van der Waals surface area contributed by atoms with Crippen molar-refractivity contribution in [3.05, 3.63) is 48.7 Å². The molecule has 0 aliphatic heterocycles. The number of anilines is 1. The second-order valence-electron chi connectivity index (χ2n) is 8.36. The van der Waals surface area contributed by atoms with Crippen molar-refractivity contribution in [3.8, 4) is 11.3 Å². The summed E-state index contributed by atoms with van der Waals surface area (Å²) < 4.78 is 26.4. The third kappa shape index (κ3) is 6.53. The quantitative estimate of drug-likeness (QED) is 0.181. The molecule has 0 radical (unpaired) electrons. The molecule has 164 valence electrons. The summed E-state index contributed by atoms with van der Waals surface area (Å²) in [6, 6.07) is 5.20. The lowest BCUT2D eigenvalue weighted by Gasteiger charge is -2.18. The highest BCUT2D eigenvalue weighted by molar-refractivity contribution is 6.76. The van der Waals surface area contributed by atoms with Crippen LogP contribution < -0.4 is 5.73 Å². The Balaban J connectivity index is 2.39. The molecule has 0 spiro atoms. The number of benzene rings is 1. The van der Waals surface area contributed by atoms with E-state index in [-0.39, 0.29) is 25.0 Å². The van der Waals surface area contributed by atoms with Crippen LogP contribution in [0.1, 0.15) is 25.1 Å². The van der Waals surface area contributed by atoms with Gasteiger partial charge in [0.2, 0.25) is 0 Å². The van der Waals surface area contributed by atoms with Crippen molar-refractivity contribution in [3.63, 3.8) is 0 Å². The van der Waals surface area contributed by atoms with E-state index in [4.69, 9.17) is 15.2 Å². The molecule has 2 rings (SSSR count). The molecule has 1 heterocycles. The van der Waals surface area contributed by atoms with Gasteiger partial charge in [0.15, 0.2) is 0 Å². The molecule has 8 heteroatoms. The Bertz CT molecular complexity index is 877. The van der Waals surface area contributed by atoms with Crippen molar-refractivity contribution in [2.75, 3.05) is 18.9 Å². The van der Waals surface area contributed by atoms with E-state index in [1.807, 2.05) is 0 Å². The van der Waals surface area contributed by atoms with Crippen LogP contribution in [0.25, 0.3) is 11.3 Å². The molecule has 1 aromatic heterocycles. The minimum Gasteiger partial charge on any atom is -0.465 e. The molecular formula is C22H32FN3O3Si. The molecule has 0 amide bonds. The number of allylic oxidation sites excluding steroid dienone is 1. The number of carbonyl (C=O) groups excluding carboxylic acids is 1. The van der Waals surface area contributed by atoms with Gasteiger partial charge in [0, 0.05) is 32.1 Å². The van der Waals surface area contributed by atoms with Crippen LogP contribution in [0.4, 0.5) is 10.1 Å². The van der Waals surface area contributed by atoms with Crippen molar-refractivity contribution < 1.29 is 18.7 Å². The summed E-state index contributed by atoms with van der Waals surface area (Å²) in [6.45, 7) is 13.5. The van der Waals surface area contributed by atoms with Gasteiger partial charge in [0.25, 0.3) is 0 Å². The summed E-state index contributed by atoms with van der Waals surface area (Å²) >= 11 is 0. The van der Waals surface area contributed by atoms with Gasteiger partial charge in [-0.1, -0.05) is 25.7 Å². The first kappa shape index (κ1) is 23.8. The first-order valence-electron chi connectivity index (χ1n) is 10.1. The van der Waals surface area contributed by atoms with Gasteiger partial charge in [0.1, 0.15) is 24.3 Å². The van der Waals surface area contributed by atoms with Gasteiger partial charge >= 0.3 is 5.97 Å². The Labute approximate surface area is 178 Å². The number of nitrogens with two attached hydrogens (primary N) is 1. The smallest absolute Gasteiger partial charge is 0.316 e. The summed E-state index contributed by atoms with van der Waals surface area (Å²) in [7, 11) is -1.22. The summed E-state index contributed by atoms with van der Waals surface area (Å²) in [5, 5.41) is 0. The zero-order valence-corrected chi connectivity index (χ0v) is 19.3. The van der Waals surface area contributed by atoms with Crippen LogP contribution in [0.15, 0.2) is 37.1 Å². The standard InChI is InChI=1S/C22H32FN3O3Si/c1-6-8-18(22(27)29-7-2)21-25-20(17-10-9-16(23)13-19(17)24)14-26(21)15-28-11-12-30(3,4)5/h6,9-10,13-14,18H,1,7-8,11-12,15,24H2,2-5H3. The monoisotopic (exact) mass is 433 g/mol. The Morgan fingerprint density at radius 1 is 1.40 bits per heavy atom. The number of ether oxygens (including phenoxy) is 2. The largest absolute Gasteiger partial charge is 0.465 e. The van der Waals surface area contributed by atoms with E-state index >= 15 is 0 Å². The number of aromatic nitrogens is 2. The van der Waals surface area contributed by atoms with Crippen LogP contribution in [-0.2, 0) is 21.0 Å². The van der Waals surface area contributed by atoms with Crippen molar-refractivity contribution >= 4 is 19.7 Å². The molecule has 2 aromatic rings. The molecule has 6 nitrogen and oxygen atoms in total. The van der Waals surface area contributed by atoms with E-state index < -0.39 is 19.8 Å². The lowest BCUT2D eigenvalue weighted by molar-refractivity contribution is -0.145. The lowest BCUT2D eigenvalue weighted by Crippen LogP contribution is -2.23. The Kier molecular flexibility index (Phi) is 8.37. The van der Waals surface area contributed by atoms with Gasteiger partial charge in [-0.3, -0.25) is 4.79 Å². The molecule has 0 fully saturated rings. The Morgan fingerprint density at radius 3 is 2.73 bits per heavy atom. The third-order valence-corrected chi connectivity index (χ3v) is 6.31. The zero-order chi connectivity index (χ0) is 22.3. The average Bonchev–Trinajstić information content (AvgIpc) is 3.06. The number of rotatable bonds is 11. The molecule has 2 N–H and O–H groups in total. The maximum Gasteiger partial charge on any atom is 0.316 e. The van der Waals surface area contributed by atoms with Crippen LogP contribution in [0.3, 0.4) is 0 Å². The number of nitrogens with zero attached hydrogens (tertiary/aromatic N) is 2. The van der Waals surface area contributed by atoms with Crippen LogP contribution in [-0.4, -0.2) is 36.8 Å². The van der Waals surface area contributed by atoms with E-state index in [0.29, 0.717) is 30.1 Å². The number of imidazole rings is 1. The van der Waals surface area contributed by atoms with Crippen LogP contribution in [0, 0.1) is 5.82 Å². The molecule has 1 atom stereocenters. The van der Waals surface area contributed by atoms with E-state index in [2.05, 4.69) is 31.2 Å². The molecule has 1 aromatic carbocycles. The van der Waals surface area contributed by atoms with E-state index in [1.165, 1.54) is 12.1 Å². The van der Waals surface area contributed by atoms with Gasteiger partial charge in [0.05, 0.1) is 12.3 Å². The number of esters is 1. The molecule has 0 aliphatic carbocycles. The van der Waals surface area contributed by atoms with Crippen LogP contribution in [0.2, 0.25) is 25.7 Å². The van der Waals surface area contributed by atoms with Gasteiger partial charge in [-0.05, 0) is 37.6 Å². The lowest BCUT2D eigenvalue weighted by atomic mass is 10.1. The first-order valence-corrected chi connectivity index (χ1v) is 13.8. The second-order valence-corrected chi connectivity index (χ2v) is 14.0. The van der Waals surface area contributed by atoms with Crippen molar-refractivity contribution in [1.29, 1.82) is 0 Å². The maximum atomic E-state index is 13.5. The highest BCUT2D eigenvalue weighted by Gasteiger charge is 2.27. The molecule has 0 bridgehead atoms. The van der Waals surface area contributed by atoms with E-state index in [0.717, 1.165) is 6.04 Å². The van der Waals surface area contributed by atoms with Gasteiger partial charge in [-0.15, -0.1) is 6.58 Å². The van der Waals surface area contributed by atoms with E-state index in [1.54, 1.807) is 29.8 Å². The molecule has 30 heavy (non-hydrogen) atoms. The summed E-state index contributed by atoms with van der Waals surface area (Å²) in [4.78, 5) is 17.2. The van der Waals surface area contributed by atoms with Crippen molar-refractivity contribution in [2.45, 2.75) is 51.7 Å². The average molecular weight is 434 g/mol.